The lowest BCUT2D eigenvalue weighted by Crippen LogP contribution is -2.08. The van der Waals surface area contributed by atoms with Crippen LogP contribution in [0.25, 0.3) is 0 Å². The Kier molecular flexibility index (Phi) is 5.07. The standard InChI is InChI=1S/C14H8BrCl2F3O/c15-7-8-1-3-10(6-11(8)14(18,19)20)21-13-4-2-9(16)5-12(13)17/h1-6H,7H2. The van der Waals surface area contributed by atoms with Crippen LogP contribution in [0.15, 0.2) is 36.4 Å². The molecule has 0 atom stereocenters. The Balaban J connectivity index is 2.37. The van der Waals surface area contributed by atoms with Crippen molar-refractivity contribution in [3.63, 3.8) is 0 Å². The summed E-state index contributed by atoms with van der Waals surface area (Å²) in [5, 5.41) is 0.739. The van der Waals surface area contributed by atoms with Crippen molar-refractivity contribution in [3.05, 3.63) is 57.6 Å². The molecule has 2 rings (SSSR count). The second-order valence-corrected chi connectivity index (χ2v) is 5.53. The number of alkyl halides is 4. The van der Waals surface area contributed by atoms with Crippen LogP contribution in [0.1, 0.15) is 11.1 Å². The predicted molar refractivity (Wildman–Crippen MR) is 80.6 cm³/mol. The van der Waals surface area contributed by atoms with Gasteiger partial charge in [-0.05, 0) is 35.9 Å². The van der Waals surface area contributed by atoms with Gasteiger partial charge < -0.3 is 4.74 Å². The van der Waals surface area contributed by atoms with E-state index in [1.54, 1.807) is 6.07 Å². The largest absolute Gasteiger partial charge is 0.456 e. The van der Waals surface area contributed by atoms with Gasteiger partial charge in [0.1, 0.15) is 11.5 Å². The van der Waals surface area contributed by atoms with Gasteiger partial charge in [-0.25, -0.2) is 0 Å². The quantitative estimate of drug-likeness (QED) is 0.521. The molecule has 112 valence electrons. The normalized spacial score (nSPS) is 11.5. The smallest absolute Gasteiger partial charge is 0.416 e. The Morgan fingerprint density at radius 1 is 1.05 bits per heavy atom. The van der Waals surface area contributed by atoms with E-state index >= 15 is 0 Å². The summed E-state index contributed by atoms with van der Waals surface area (Å²) >= 11 is 14.7. The van der Waals surface area contributed by atoms with E-state index in [2.05, 4.69) is 15.9 Å². The van der Waals surface area contributed by atoms with Crippen molar-refractivity contribution in [1.29, 1.82) is 0 Å². The molecule has 0 aliphatic heterocycles. The fraction of sp³-hybridized carbons (Fsp3) is 0.143. The van der Waals surface area contributed by atoms with Crippen molar-refractivity contribution in [3.8, 4) is 11.5 Å². The highest BCUT2D eigenvalue weighted by Crippen LogP contribution is 2.37. The molecule has 0 bridgehead atoms. The van der Waals surface area contributed by atoms with E-state index in [0.717, 1.165) is 6.07 Å². The van der Waals surface area contributed by atoms with Crippen LogP contribution in [-0.2, 0) is 11.5 Å². The first-order valence-electron chi connectivity index (χ1n) is 5.70. The summed E-state index contributed by atoms with van der Waals surface area (Å²) in [5.74, 6) is 0.289. The first-order chi connectivity index (χ1) is 9.81. The molecule has 2 aromatic carbocycles. The van der Waals surface area contributed by atoms with Crippen LogP contribution in [0.3, 0.4) is 0 Å². The van der Waals surface area contributed by atoms with Gasteiger partial charge in [0.25, 0.3) is 0 Å². The van der Waals surface area contributed by atoms with Crippen molar-refractivity contribution < 1.29 is 17.9 Å². The lowest BCUT2D eigenvalue weighted by Gasteiger charge is -2.14. The molecule has 0 aliphatic rings. The molecule has 7 heteroatoms. The van der Waals surface area contributed by atoms with E-state index in [1.165, 1.54) is 24.3 Å². The summed E-state index contributed by atoms with van der Waals surface area (Å²) in [6, 6.07) is 8.25. The summed E-state index contributed by atoms with van der Waals surface area (Å²) in [4.78, 5) is 0. The molecule has 1 nitrogen and oxygen atoms in total. The van der Waals surface area contributed by atoms with Gasteiger partial charge in [-0.15, -0.1) is 0 Å². The molecule has 0 amide bonds. The van der Waals surface area contributed by atoms with Crippen LogP contribution in [0.4, 0.5) is 13.2 Å². The summed E-state index contributed by atoms with van der Waals surface area (Å²) in [6.07, 6.45) is -4.45. The lowest BCUT2D eigenvalue weighted by atomic mass is 10.1. The maximum atomic E-state index is 13.0. The predicted octanol–water partition coefficient (Wildman–Crippen LogP) is 6.70. The number of ether oxygens (including phenoxy) is 1. The number of halogens is 6. The SMILES string of the molecule is FC(F)(F)c1cc(Oc2ccc(Cl)cc2Cl)ccc1CBr. The van der Waals surface area contributed by atoms with Crippen molar-refractivity contribution in [2.24, 2.45) is 0 Å². The molecule has 0 unspecified atom stereocenters. The van der Waals surface area contributed by atoms with Gasteiger partial charge in [0.05, 0.1) is 10.6 Å². The average Bonchev–Trinajstić information content (AvgIpc) is 2.41. The van der Waals surface area contributed by atoms with Crippen molar-refractivity contribution in [2.45, 2.75) is 11.5 Å². The fourth-order valence-electron chi connectivity index (χ4n) is 1.68. The Hall–Kier alpha value is -0.910. The first-order valence-corrected chi connectivity index (χ1v) is 7.58. The van der Waals surface area contributed by atoms with Gasteiger partial charge in [-0.2, -0.15) is 13.2 Å². The summed E-state index contributed by atoms with van der Waals surface area (Å²) < 4.78 is 44.3. The van der Waals surface area contributed by atoms with Gasteiger partial charge in [0.2, 0.25) is 0 Å². The van der Waals surface area contributed by atoms with E-state index in [9.17, 15) is 13.2 Å². The van der Waals surface area contributed by atoms with Crippen LogP contribution in [0.5, 0.6) is 11.5 Å². The molecule has 0 saturated heterocycles. The number of hydrogen-bond donors (Lipinski definition) is 0. The molecule has 0 spiro atoms. The van der Waals surface area contributed by atoms with E-state index in [0.29, 0.717) is 5.02 Å². The Morgan fingerprint density at radius 2 is 1.76 bits per heavy atom. The highest BCUT2D eigenvalue weighted by atomic mass is 79.9. The van der Waals surface area contributed by atoms with E-state index < -0.39 is 11.7 Å². The third-order valence-corrected chi connectivity index (χ3v) is 3.79. The Bertz CT molecular complexity index is 659. The van der Waals surface area contributed by atoms with Crippen LogP contribution < -0.4 is 4.74 Å². The lowest BCUT2D eigenvalue weighted by molar-refractivity contribution is -0.138. The summed E-state index contributed by atoms with van der Waals surface area (Å²) in [6.45, 7) is 0. The maximum Gasteiger partial charge on any atom is 0.416 e. The van der Waals surface area contributed by atoms with Gasteiger partial charge in [-0.3, -0.25) is 0 Å². The highest BCUT2D eigenvalue weighted by Gasteiger charge is 2.33. The number of benzene rings is 2. The number of rotatable bonds is 3. The second-order valence-electron chi connectivity index (χ2n) is 4.13. The zero-order valence-electron chi connectivity index (χ0n) is 10.3. The highest BCUT2D eigenvalue weighted by molar-refractivity contribution is 9.08. The molecule has 0 fully saturated rings. The molecule has 2 aromatic rings. The topological polar surface area (TPSA) is 9.23 Å². The molecular formula is C14H8BrCl2F3O. The van der Waals surface area contributed by atoms with Crippen molar-refractivity contribution in [1.82, 2.24) is 0 Å². The Labute approximate surface area is 137 Å². The summed E-state index contributed by atoms with van der Waals surface area (Å²) in [7, 11) is 0. The molecule has 0 aromatic heterocycles. The van der Waals surface area contributed by atoms with Crippen LogP contribution in [0.2, 0.25) is 10.0 Å². The van der Waals surface area contributed by atoms with E-state index in [4.69, 9.17) is 27.9 Å². The van der Waals surface area contributed by atoms with Crippen molar-refractivity contribution in [2.75, 3.05) is 0 Å². The minimum Gasteiger partial charge on any atom is -0.456 e. The third kappa shape index (κ3) is 4.05. The van der Waals surface area contributed by atoms with Crippen molar-refractivity contribution >= 4 is 39.1 Å². The zero-order valence-corrected chi connectivity index (χ0v) is 13.4. The maximum absolute atomic E-state index is 13.0. The minimum absolute atomic E-state index is 0.0521. The van der Waals surface area contributed by atoms with E-state index in [1.807, 2.05) is 0 Å². The van der Waals surface area contributed by atoms with Crippen LogP contribution >= 0.6 is 39.1 Å². The molecular weight excluding hydrogens is 392 g/mol. The van der Waals surface area contributed by atoms with Crippen LogP contribution in [0, 0.1) is 0 Å². The van der Waals surface area contributed by atoms with Gasteiger partial charge in [-0.1, -0.05) is 45.2 Å². The fourth-order valence-corrected chi connectivity index (χ4v) is 2.62. The Morgan fingerprint density at radius 3 is 2.33 bits per heavy atom. The van der Waals surface area contributed by atoms with Gasteiger partial charge >= 0.3 is 6.18 Å². The van der Waals surface area contributed by atoms with Crippen LogP contribution in [-0.4, -0.2) is 0 Å². The zero-order chi connectivity index (χ0) is 15.6. The average molecular weight is 400 g/mol. The monoisotopic (exact) mass is 398 g/mol. The molecule has 0 heterocycles. The summed E-state index contributed by atoms with van der Waals surface area (Å²) in [5.41, 5.74) is -0.612. The third-order valence-electron chi connectivity index (χ3n) is 2.65. The molecule has 0 radical (unpaired) electrons. The van der Waals surface area contributed by atoms with Gasteiger partial charge in [0.15, 0.2) is 0 Å². The molecule has 0 N–H and O–H groups in total. The van der Waals surface area contributed by atoms with Gasteiger partial charge in [0, 0.05) is 10.4 Å². The van der Waals surface area contributed by atoms with E-state index in [-0.39, 0.29) is 27.4 Å². The molecule has 0 saturated carbocycles. The minimum atomic E-state index is -4.45. The molecule has 21 heavy (non-hydrogen) atoms. The number of hydrogen-bond acceptors (Lipinski definition) is 1. The second kappa shape index (κ2) is 6.46. The first kappa shape index (κ1) is 16.5. The molecule has 0 aliphatic carbocycles.